The fourth-order valence-corrected chi connectivity index (χ4v) is 3.00. The van der Waals surface area contributed by atoms with Crippen LogP contribution in [-0.4, -0.2) is 6.61 Å². The van der Waals surface area contributed by atoms with Crippen molar-refractivity contribution in [1.29, 1.82) is 0 Å². The predicted molar refractivity (Wildman–Crippen MR) is 79.2 cm³/mol. The summed E-state index contributed by atoms with van der Waals surface area (Å²) in [4.78, 5) is 0. The molecule has 2 aromatic rings. The first kappa shape index (κ1) is 12.3. The Balaban J connectivity index is 2.12. The molecule has 0 aromatic heterocycles. The second-order valence-electron chi connectivity index (χ2n) is 5.65. The van der Waals surface area contributed by atoms with Crippen LogP contribution in [0.5, 0.6) is 5.75 Å². The van der Waals surface area contributed by atoms with Crippen molar-refractivity contribution in [3.63, 3.8) is 0 Å². The number of hydrogen-bond donors (Lipinski definition) is 0. The van der Waals surface area contributed by atoms with Crippen LogP contribution in [-0.2, 0) is 0 Å². The number of aryl methyl sites for hydroxylation is 3. The number of fused-ring (bicyclic) bond motifs is 1. The number of benzene rings is 2. The van der Waals surface area contributed by atoms with Crippen LogP contribution >= 0.6 is 0 Å². The van der Waals surface area contributed by atoms with Gasteiger partial charge in [-0.05, 0) is 49.9 Å². The maximum Gasteiger partial charge on any atom is 0.126 e. The molecule has 98 valence electrons. The van der Waals surface area contributed by atoms with E-state index in [1.165, 1.54) is 33.4 Å². The lowest BCUT2D eigenvalue weighted by molar-refractivity contribution is 0.341. The summed E-state index contributed by atoms with van der Waals surface area (Å²) >= 11 is 0. The van der Waals surface area contributed by atoms with Gasteiger partial charge < -0.3 is 4.74 Å². The summed E-state index contributed by atoms with van der Waals surface area (Å²) in [5, 5.41) is 0. The number of rotatable bonds is 1. The third kappa shape index (κ3) is 1.94. The Morgan fingerprint density at radius 1 is 0.947 bits per heavy atom. The van der Waals surface area contributed by atoms with E-state index in [0.29, 0.717) is 5.92 Å². The van der Waals surface area contributed by atoms with Crippen LogP contribution in [0.4, 0.5) is 0 Å². The molecule has 3 rings (SSSR count). The zero-order valence-corrected chi connectivity index (χ0v) is 12.1. The summed E-state index contributed by atoms with van der Waals surface area (Å²) < 4.78 is 5.99. The average Bonchev–Trinajstić information content (AvgIpc) is 2.82. The molecular formula is C18H20O. The number of hydrogen-bond acceptors (Lipinski definition) is 1. The first-order valence-corrected chi connectivity index (χ1v) is 6.88. The standard InChI is InChI=1S/C18H20O/c1-11-5-7-15(8-6-11)16-10-19-18-14(4)12(2)9-13(3)17(16)18/h5-9,16H,10H2,1-4H3. The summed E-state index contributed by atoms with van der Waals surface area (Å²) in [5.41, 5.74) is 8.00. The zero-order chi connectivity index (χ0) is 13.6. The van der Waals surface area contributed by atoms with Crippen molar-refractivity contribution >= 4 is 0 Å². The molecule has 2 aromatic carbocycles. The van der Waals surface area contributed by atoms with Gasteiger partial charge in [-0.15, -0.1) is 0 Å². The van der Waals surface area contributed by atoms with Gasteiger partial charge in [0.2, 0.25) is 0 Å². The van der Waals surface area contributed by atoms with Gasteiger partial charge in [-0.25, -0.2) is 0 Å². The van der Waals surface area contributed by atoms with Crippen LogP contribution in [0.1, 0.15) is 39.3 Å². The summed E-state index contributed by atoms with van der Waals surface area (Å²) in [6.07, 6.45) is 0. The molecule has 19 heavy (non-hydrogen) atoms. The summed E-state index contributed by atoms with van der Waals surface area (Å²) in [5.74, 6) is 1.50. The van der Waals surface area contributed by atoms with Gasteiger partial charge in [0, 0.05) is 11.5 Å². The molecule has 0 amide bonds. The van der Waals surface area contributed by atoms with Gasteiger partial charge in [-0.2, -0.15) is 0 Å². The van der Waals surface area contributed by atoms with Gasteiger partial charge in [-0.1, -0.05) is 35.9 Å². The molecule has 0 N–H and O–H groups in total. The first-order valence-electron chi connectivity index (χ1n) is 6.88. The normalized spacial score (nSPS) is 17.2. The van der Waals surface area contributed by atoms with E-state index in [1.807, 2.05) is 0 Å². The highest BCUT2D eigenvalue weighted by Gasteiger charge is 2.29. The lowest BCUT2D eigenvalue weighted by atomic mass is 9.87. The van der Waals surface area contributed by atoms with Crippen molar-refractivity contribution in [1.82, 2.24) is 0 Å². The predicted octanol–water partition coefficient (Wildman–Crippen LogP) is 4.44. The van der Waals surface area contributed by atoms with Crippen molar-refractivity contribution in [2.24, 2.45) is 0 Å². The van der Waals surface area contributed by atoms with Gasteiger partial charge in [0.15, 0.2) is 0 Å². The van der Waals surface area contributed by atoms with Crippen LogP contribution in [0, 0.1) is 27.7 Å². The second-order valence-corrected chi connectivity index (χ2v) is 5.65. The Bertz CT molecular complexity index is 623. The van der Waals surface area contributed by atoms with E-state index in [2.05, 4.69) is 58.0 Å². The molecule has 0 fully saturated rings. The molecule has 0 saturated carbocycles. The minimum absolute atomic E-state index is 0.384. The smallest absolute Gasteiger partial charge is 0.126 e. The average molecular weight is 252 g/mol. The van der Waals surface area contributed by atoms with E-state index in [-0.39, 0.29) is 0 Å². The molecule has 1 aliphatic heterocycles. The fourth-order valence-electron chi connectivity index (χ4n) is 3.00. The van der Waals surface area contributed by atoms with Gasteiger partial charge in [0.1, 0.15) is 5.75 Å². The Labute approximate surface area is 115 Å². The fraction of sp³-hybridized carbons (Fsp3) is 0.333. The van der Waals surface area contributed by atoms with E-state index in [1.54, 1.807) is 0 Å². The van der Waals surface area contributed by atoms with Crippen LogP contribution in [0.25, 0.3) is 0 Å². The Kier molecular flexibility index (Phi) is 2.85. The minimum Gasteiger partial charge on any atom is -0.492 e. The molecule has 0 radical (unpaired) electrons. The van der Waals surface area contributed by atoms with Crippen molar-refractivity contribution < 1.29 is 4.74 Å². The molecule has 1 atom stereocenters. The molecule has 1 nitrogen and oxygen atoms in total. The maximum absolute atomic E-state index is 5.99. The van der Waals surface area contributed by atoms with Crippen LogP contribution < -0.4 is 4.74 Å². The molecule has 1 aliphatic rings. The molecule has 0 saturated heterocycles. The highest BCUT2D eigenvalue weighted by Crippen LogP contribution is 2.43. The van der Waals surface area contributed by atoms with Crippen LogP contribution in [0.15, 0.2) is 30.3 Å². The van der Waals surface area contributed by atoms with Crippen molar-refractivity contribution in [2.45, 2.75) is 33.6 Å². The molecule has 1 unspecified atom stereocenters. The van der Waals surface area contributed by atoms with Crippen molar-refractivity contribution in [2.75, 3.05) is 6.61 Å². The van der Waals surface area contributed by atoms with E-state index < -0.39 is 0 Å². The van der Waals surface area contributed by atoms with Crippen molar-refractivity contribution in [3.8, 4) is 5.75 Å². The Hall–Kier alpha value is -1.76. The zero-order valence-electron chi connectivity index (χ0n) is 12.1. The van der Waals surface area contributed by atoms with Gasteiger partial charge in [0.05, 0.1) is 6.61 Å². The van der Waals surface area contributed by atoms with E-state index in [4.69, 9.17) is 4.74 Å². The van der Waals surface area contributed by atoms with E-state index in [9.17, 15) is 0 Å². The van der Waals surface area contributed by atoms with Gasteiger partial charge in [0.25, 0.3) is 0 Å². The molecule has 0 aliphatic carbocycles. The Morgan fingerprint density at radius 2 is 1.63 bits per heavy atom. The summed E-state index contributed by atoms with van der Waals surface area (Å²) in [6, 6.07) is 11.1. The van der Waals surface area contributed by atoms with E-state index in [0.717, 1.165) is 12.4 Å². The third-order valence-electron chi connectivity index (χ3n) is 4.26. The van der Waals surface area contributed by atoms with Gasteiger partial charge in [-0.3, -0.25) is 0 Å². The van der Waals surface area contributed by atoms with Crippen molar-refractivity contribution in [3.05, 3.63) is 63.7 Å². The second kappa shape index (κ2) is 4.41. The minimum atomic E-state index is 0.384. The van der Waals surface area contributed by atoms with Crippen LogP contribution in [0.2, 0.25) is 0 Å². The maximum atomic E-state index is 5.99. The number of ether oxygens (including phenoxy) is 1. The molecule has 1 heterocycles. The van der Waals surface area contributed by atoms with E-state index >= 15 is 0 Å². The highest BCUT2D eigenvalue weighted by atomic mass is 16.5. The van der Waals surface area contributed by atoms with Crippen LogP contribution in [0.3, 0.4) is 0 Å². The third-order valence-corrected chi connectivity index (χ3v) is 4.26. The lowest BCUT2D eigenvalue weighted by Gasteiger charge is -2.14. The summed E-state index contributed by atoms with van der Waals surface area (Å²) in [6.45, 7) is 9.41. The van der Waals surface area contributed by atoms with Gasteiger partial charge >= 0.3 is 0 Å². The summed E-state index contributed by atoms with van der Waals surface area (Å²) in [7, 11) is 0. The quantitative estimate of drug-likeness (QED) is 0.729. The molecule has 1 heteroatoms. The first-order chi connectivity index (χ1) is 9.08. The highest BCUT2D eigenvalue weighted by molar-refractivity contribution is 5.56. The molecule has 0 bridgehead atoms. The lowest BCUT2D eigenvalue weighted by Crippen LogP contribution is -2.03. The topological polar surface area (TPSA) is 9.23 Å². The molecular weight excluding hydrogens is 232 g/mol. The Morgan fingerprint density at radius 3 is 2.32 bits per heavy atom. The molecule has 0 spiro atoms. The monoisotopic (exact) mass is 252 g/mol. The largest absolute Gasteiger partial charge is 0.492 e. The SMILES string of the molecule is Cc1ccc(C2COc3c(C)c(C)cc(C)c32)cc1.